The van der Waals surface area contributed by atoms with Crippen molar-refractivity contribution in [3.05, 3.63) is 46.7 Å². The molecule has 1 saturated heterocycles. The molecule has 2 atom stereocenters. The van der Waals surface area contributed by atoms with E-state index in [1.54, 1.807) is 6.07 Å². The second kappa shape index (κ2) is 11.2. The Morgan fingerprint density at radius 3 is 2.35 bits per heavy atom. The molecule has 0 spiro atoms. The fourth-order valence-electron chi connectivity index (χ4n) is 4.77. The zero-order valence-electron chi connectivity index (χ0n) is 20.3. The van der Waals surface area contributed by atoms with E-state index in [2.05, 4.69) is 43.7 Å². The number of ether oxygens (including phenoxy) is 1. The van der Waals surface area contributed by atoms with E-state index in [0.717, 1.165) is 55.4 Å². The maximum atomic E-state index is 12.4. The lowest BCUT2D eigenvalue weighted by Crippen LogP contribution is -2.47. The van der Waals surface area contributed by atoms with Gasteiger partial charge < -0.3 is 25.5 Å². The summed E-state index contributed by atoms with van der Waals surface area (Å²) in [6, 6.07) is 9.13. The average Bonchev–Trinajstić information content (AvgIpc) is 2.75. The van der Waals surface area contributed by atoms with Crippen LogP contribution in [0.4, 0.5) is 15.8 Å². The predicted octanol–water partition coefficient (Wildman–Crippen LogP) is 5.95. The first-order chi connectivity index (χ1) is 16.1. The molecule has 34 heavy (non-hydrogen) atoms. The third kappa shape index (κ3) is 5.81. The highest BCUT2D eigenvalue weighted by Gasteiger charge is 2.41. The molecule has 0 aromatic heterocycles. The maximum absolute atomic E-state index is 12.4. The Kier molecular flexibility index (Phi) is 8.77. The third-order valence-electron chi connectivity index (χ3n) is 7.18. The topological polar surface area (TPSA) is 67.6 Å². The van der Waals surface area contributed by atoms with Gasteiger partial charge in [0.25, 0.3) is 0 Å². The van der Waals surface area contributed by atoms with Crippen LogP contribution in [0.3, 0.4) is 0 Å². The number of benzene rings is 2. The number of piperidine rings is 1. The summed E-state index contributed by atoms with van der Waals surface area (Å²) in [7, 11) is 4.06. The van der Waals surface area contributed by atoms with Gasteiger partial charge in [0, 0.05) is 40.8 Å². The molecule has 1 saturated carbocycles. The smallest absolute Gasteiger partial charge is 0.145 e. The van der Waals surface area contributed by atoms with E-state index in [1.807, 2.05) is 19.2 Å². The van der Waals surface area contributed by atoms with E-state index < -0.39 is 5.41 Å². The Morgan fingerprint density at radius 1 is 1.24 bits per heavy atom. The third-order valence-corrected chi connectivity index (χ3v) is 7.78. The van der Waals surface area contributed by atoms with Crippen LogP contribution in [0, 0.1) is 5.82 Å². The fourth-order valence-corrected chi connectivity index (χ4v) is 5.07. The fraction of sp³-hybridized carbons (Fsp3) is 0.500. The number of hydrogen-bond donors (Lipinski definition) is 3. The van der Waals surface area contributed by atoms with Gasteiger partial charge >= 0.3 is 0 Å². The maximum Gasteiger partial charge on any atom is 0.145 e. The lowest BCUT2D eigenvalue weighted by Gasteiger charge is -2.41. The Hall–Kier alpha value is -1.96. The first kappa shape index (κ1) is 26.6. The number of hydrogen-bond acceptors (Lipinski definition) is 6. The zero-order valence-corrected chi connectivity index (χ0v) is 21.9. The monoisotopic (exact) mass is 507 g/mol. The molecule has 4 rings (SSSR count). The normalized spacial score (nSPS) is 23.8. The molecular weight excluding hydrogens is 473 g/mol. The van der Waals surface area contributed by atoms with Crippen LogP contribution in [0.15, 0.2) is 35.2 Å². The van der Waals surface area contributed by atoms with Crippen molar-refractivity contribution in [3.63, 3.8) is 0 Å². The Balaban J connectivity index is 0.000000302. The number of carbonyl (C=O) groups is 1. The number of anilines is 2. The van der Waals surface area contributed by atoms with E-state index in [0.29, 0.717) is 27.7 Å². The number of carbonyl (C=O) groups excluding carboxylic acids is 1. The number of rotatable bonds is 5. The highest BCUT2D eigenvalue weighted by atomic mass is 35.5. The van der Waals surface area contributed by atoms with Crippen molar-refractivity contribution < 1.29 is 13.9 Å². The Labute approximate surface area is 212 Å². The molecule has 1 aliphatic carbocycles. The molecule has 1 aliphatic heterocycles. The van der Waals surface area contributed by atoms with Crippen molar-refractivity contribution in [1.29, 1.82) is 0 Å². The van der Waals surface area contributed by atoms with Crippen molar-refractivity contribution in [1.82, 2.24) is 4.90 Å². The van der Waals surface area contributed by atoms with Crippen LogP contribution in [-0.4, -0.2) is 43.5 Å². The summed E-state index contributed by atoms with van der Waals surface area (Å²) >= 11 is 9.25. The molecule has 8 heteroatoms. The van der Waals surface area contributed by atoms with Crippen molar-refractivity contribution >= 4 is 41.9 Å². The van der Waals surface area contributed by atoms with Crippen LogP contribution in [0.1, 0.15) is 51.5 Å². The van der Waals surface area contributed by atoms with Crippen molar-refractivity contribution in [2.24, 2.45) is 0 Å². The summed E-state index contributed by atoms with van der Waals surface area (Å²) in [6.07, 6.45) is 6.09. The van der Waals surface area contributed by atoms with Crippen LogP contribution in [-0.2, 0) is 10.2 Å². The number of nitrogen functional groups attached to an aromatic ring is 1. The minimum Gasteiger partial charge on any atom is -0.488 e. The summed E-state index contributed by atoms with van der Waals surface area (Å²) in [5, 5.41) is 3.66. The molecule has 2 aromatic rings. The van der Waals surface area contributed by atoms with Crippen molar-refractivity contribution in [2.45, 2.75) is 74.4 Å². The number of likely N-dealkylation sites (tertiary alicyclic amines) is 1. The molecule has 0 radical (unpaired) electrons. The van der Waals surface area contributed by atoms with Gasteiger partial charge in [-0.3, -0.25) is 0 Å². The lowest BCUT2D eigenvalue weighted by molar-refractivity contribution is -0.115. The first-order valence-electron chi connectivity index (χ1n) is 11.7. The van der Waals surface area contributed by atoms with E-state index in [4.69, 9.17) is 22.1 Å². The number of nitrogens with zero attached hydrogens (tertiary/aromatic N) is 1. The molecule has 0 amide bonds. The van der Waals surface area contributed by atoms with Gasteiger partial charge in [0.2, 0.25) is 0 Å². The quantitative estimate of drug-likeness (QED) is 0.265. The van der Waals surface area contributed by atoms with Crippen LogP contribution >= 0.6 is 24.2 Å². The average molecular weight is 508 g/mol. The van der Waals surface area contributed by atoms with E-state index >= 15 is 0 Å². The van der Waals surface area contributed by atoms with Gasteiger partial charge in [-0.2, -0.15) is 0 Å². The number of thiol groups is 1. The van der Waals surface area contributed by atoms with Gasteiger partial charge in [0.1, 0.15) is 24.0 Å². The number of aldehydes is 1. The number of nitrogens with two attached hydrogens (primary N) is 1. The molecule has 186 valence electrons. The molecule has 2 unspecified atom stereocenters. The minimum absolute atomic E-state index is 0.163. The standard InChI is InChI=1S/C20H31N3O2.C6H4ClFS/c1-13-8-16(9-14(2)23(13)4)25-18-11-15(21)10-17(19(18)22-3)20(12-24)6-5-7-20;7-4-1-2-6(9)5(8)3-4/h10-14,16,22H,5-9,21H2,1-4H3;1-3,9H. The largest absolute Gasteiger partial charge is 0.488 e. The zero-order chi connectivity index (χ0) is 25.0. The first-order valence-corrected chi connectivity index (χ1v) is 12.5. The van der Waals surface area contributed by atoms with E-state index in [1.165, 1.54) is 12.1 Å². The summed E-state index contributed by atoms with van der Waals surface area (Å²) in [5.41, 5.74) is 8.32. The van der Waals surface area contributed by atoms with Gasteiger partial charge in [0.05, 0.1) is 11.1 Å². The minimum atomic E-state index is -0.404. The predicted molar refractivity (Wildman–Crippen MR) is 141 cm³/mol. The Morgan fingerprint density at radius 2 is 1.88 bits per heavy atom. The van der Waals surface area contributed by atoms with Crippen LogP contribution in [0.2, 0.25) is 5.02 Å². The molecular formula is C26H35ClFN3O2S. The second-order valence-electron chi connectivity index (χ2n) is 9.49. The molecule has 2 aliphatic rings. The van der Waals surface area contributed by atoms with E-state index in [9.17, 15) is 9.18 Å². The summed E-state index contributed by atoms with van der Waals surface area (Å²) in [6.45, 7) is 4.48. The lowest BCUT2D eigenvalue weighted by atomic mass is 9.65. The van der Waals surface area contributed by atoms with Gasteiger partial charge in [-0.25, -0.2) is 4.39 Å². The summed E-state index contributed by atoms with van der Waals surface area (Å²) in [5.74, 6) is 0.394. The molecule has 0 bridgehead atoms. The van der Waals surface area contributed by atoms with Crippen LogP contribution in [0.5, 0.6) is 5.75 Å². The molecule has 2 fully saturated rings. The van der Waals surface area contributed by atoms with E-state index in [-0.39, 0.29) is 11.9 Å². The Bertz CT molecular complexity index is 1010. The number of halogens is 2. The van der Waals surface area contributed by atoms with Crippen molar-refractivity contribution in [2.75, 3.05) is 25.1 Å². The molecule has 1 heterocycles. The van der Waals surface area contributed by atoms with Crippen molar-refractivity contribution in [3.8, 4) is 5.75 Å². The van der Waals surface area contributed by atoms with Crippen LogP contribution < -0.4 is 15.8 Å². The van der Waals surface area contributed by atoms with Gasteiger partial charge in [-0.15, -0.1) is 12.6 Å². The van der Waals surface area contributed by atoms with Gasteiger partial charge in [-0.05, 0) is 76.4 Å². The summed E-state index contributed by atoms with van der Waals surface area (Å²) in [4.78, 5) is 14.5. The second-order valence-corrected chi connectivity index (χ2v) is 10.4. The van der Waals surface area contributed by atoms with Gasteiger partial charge in [0.15, 0.2) is 0 Å². The number of nitrogens with one attached hydrogen (secondary N) is 1. The molecule has 5 nitrogen and oxygen atoms in total. The van der Waals surface area contributed by atoms with Gasteiger partial charge in [-0.1, -0.05) is 18.0 Å². The molecule has 3 N–H and O–H groups in total. The highest BCUT2D eigenvalue weighted by Crippen LogP contribution is 2.48. The van der Waals surface area contributed by atoms with Crippen LogP contribution in [0.25, 0.3) is 0 Å². The highest BCUT2D eigenvalue weighted by molar-refractivity contribution is 7.80. The summed E-state index contributed by atoms with van der Waals surface area (Å²) < 4.78 is 18.8. The molecule has 2 aromatic carbocycles. The SMILES string of the molecule is CNc1c(OC2CC(C)N(C)C(C)C2)cc(N)cc1C1(C=O)CCC1.Fc1cc(Cl)ccc1S.